The summed E-state index contributed by atoms with van der Waals surface area (Å²) in [7, 11) is 1.50. The fraction of sp³-hybridized carbons (Fsp3) is 0.353. The first-order valence-corrected chi connectivity index (χ1v) is 7.11. The molecule has 1 heterocycles. The van der Waals surface area contributed by atoms with E-state index in [0.717, 1.165) is 11.1 Å². The van der Waals surface area contributed by atoms with Gasteiger partial charge in [-0.3, -0.25) is 0 Å². The van der Waals surface area contributed by atoms with E-state index < -0.39 is 11.5 Å². The number of hydrogen-bond donors (Lipinski definition) is 2. The van der Waals surface area contributed by atoms with Gasteiger partial charge in [0.15, 0.2) is 11.5 Å². The summed E-state index contributed by atoms with van der Waals surface area (Å²) in [6, 6.07) is 7.44. The van der Waals surface area contributed by atoms with Crippen LogP contribution in [-0.4, -0.2) is 17.3 Å². The normalized spacial score (nSPS) is 20.6. The summed E-state index contributed by atoms with van der Waals surface area (Å²) in [6.45, 7) is 0. The van der Waals surface area contributed by atoms with Gasteiger partial charge in [-0.25, -0.2) is 0 Å². The molecule has 5 heteroatoms. The van der Waals surface area contributed by atoms with Gasteiger partial charge in [-0.2, -0.15) is 5.26 Å². The number of nitriles is 1. The third kappa shape index (κ3) is 2.22. The Hall–Kier alpha value is -2.45. The molecule has 0 spiro atoms. The first-order chi connectivity index (χ1) is 10.6. The fourth-order valence-electron chi connectivity index (χ4n) is 3.07. The molecule has 2 unspecified atom stereocenters. The molecule has 0 bridgehead atoms. The Kier molecular flexibility index (Phi) is 3.55. The number of fused-ring (bicyclic) bond motifs is 1. The maximum Gasteiger partial charge on any atom is 0.160 e. The molecule has 1 aromatic carbocycles. The predicted molar refractivity (Wildman–Crippen MR) is 78.6 cm³/mol. The van der Waals surface area contributed by atoms with Crippen molar-refractivity contribution in [3.8, 4) is 17.6 Å². The van der Waals surface area contributed by atoms with Crippen LogP contribution in [0.3, 0.4) is 0 Å². The first-order valence-electron chi connectivity index (χ1n) is 7.11. The summed E-state index contributed by atoms with van der Waals surface area (Å²) >= 11 is 0. The van der Waals surface area contributed by atoms with Crippen LogP contribution in [-0.2, 0) is 11.8 Å². The van der Waals surface area contributed by atoms with E-state index in [1.54, 1.807) is 18.2 Å². The van der Waals surface area contributed by atoms with Gasteiger partial charge in [0, 0.05) is 5.56 Å². The predicted octanol–water partition coefficient (Wildman–Crippen LogP) is 2.83. The summed E-state index contributed by atoms with van der Waals surface area (Å²) in [5, 5.41) is 29.6. The van der Waals surface area contributed by atoms with Crippen molar-refractivity contribution in [2.45, 2.75) is 30.8 Å². The van der Waals surface area contributed by atoms with Gasteiger partial charge in [-0.15, -0.1) is 0 Å². The summed E-state index contributed by atoms with van der Waals surface area (Å²) in [5.74, 6) is 0.458. The Bertz CT molecular complexity index is 717. The molecule has 2 aromatic rings. The Morgan fingerprint density at radius 2 is 2.32 bits per heavy atom. The second-order valence-electron chi connectivity index (χ2n) is 5.66. The van der Waals surface area contributed by atoms with E-state index in [0.29, 0.717) is 30.6 Å². The highest BCUT2D eigenvalue weighted by atomic mass is 16.5. The number of rotatable bonds is 5. The van der Waals surface area contributed by atoms with Crippen molar-refractivity contribution in [1.29, 1.82) is 5.26 Å². The second-order valence-corrected chi connectivity index (χ2v) is 5.66. The van der Waals surface area contributed by atoms with E-state index in [4.69, 9.17) is 9.15 Å². The lowest BCUT2D eigenvalue weighted by atomic mass is 9.62. The zero-order valence-electron chi connectivity index (χ0n) is 12.2. The van der Waals surface area contributed by atoms with Gasteiger partial charge >= 0.3 is 0 Å². The number of aliphatic hydroxyl groups is 1. The SMILES string of the molecule is COc1cc2c(cc1O)C(C#N)(CCC(O)c1ccoc1)C2. The van der Waals surface area contributed by atoms with E-state index in [9.17, 15) is 15.5 Å². The number of aromatic hydroxyl groups is 1. The maximum absolute atomic E-state index is 10.1. The van der Waals surface area contributed by atoms with Gasteiger partial charge in [0.1, 0.15) is 0 Å². The number of furan rings is 1. The van der Waals surface area contributed by atoms with E-state index in [2.05, 4.69) is 6.07 Å². The lowest BCUT2D eigenvalue weighted by Crippen LogP contribution is -2.37. The first kappa shape index (κ1) is 14.5. The van der Waals surface area contributed by atoms with Crippen LogP contribution >= 0.6 is 0 Å². The van der Waals surface area contributed by atoms with Crippen LogP contribution in [0.1, 0.15) is 35.6 Å². The lowest BCUT2D eigenvalue weighted by Gasteiger charge is -2.39. The highest BCUT2D eigenvalue weighted by Crippen LogP contribution is 2.48. The monoisotopic (exact) mass is 299 g/mol. The number of phenolic OH excluding ortho intramolecular Hbond substituents is 1. The molecule has 0 amide bonds. The van der Waals surface area contributed by atoms with Crippen LogP contribution in [0.25, 0.3) is 0 Å². The lowest BCUT2D eigenvalue weighted by molar-refractivity contribution is 0.153. The molecule has 22 heavy (non-hydrogen) atoms. The fourth-order valence-corrected chi connectivity index (χ4v) is 3.07. The van der Waals surface area contributed by atoms with Gasteiger partial charge < -0.3 is 19.4 Å². The number of methoxy groups -OCH3 is 1. The zero-order chi connectivity index (χ0) is 15.7. The second kappa shape index (κ2) is 5.39. The summed E-state index contributed by atoms with van der Waals surface area (Å²) < 4.78 is 10.0. The minimum absolute atomic E-state index is 0.0379. The van der Waals surface area contributed by atoms with Crippen molar-refractivity contribution in [2.24, 2.45) is 0 Å². The third-order valence-corrected chi connectivity index (χ3v) is 4.40. The van der Waals surface area contributed by atoms with Crippen LogP contribution in [0, 0.1) is 11.3 Å². The van der Waals surface area contributed by atoms with Crippen LogP contribution in [0.4, 0.5) is 0 Å². The molecule has 0 radical (unpaired) electrons. The van der Waals surface area contributed by atoms with Gasteiger partial charge in [-0.05, 0) is 48.6 Å². The highest BCUT2D eigenvalue weighted by Gasteiger charge is 2.44. The molecule has 3 rings (SSSR count). The average Bonchev–Trinajstić information content (AvgIpc) is 3.05. The molecule has 2 N–H and O–H groups in total. The molecule has 5 nitrogen and oxygen atoms in total. The largest absolute Gasteiger partial charge is 0.504 e. The van der Waals surface area contributed by atoms with E-state index in [1.807, 2.05) is 0 Å². The number of aliphatic hydroxyl groups excluding tert-OH is 1. The molecule has 2 atom stereocenters. The quantitative estimate of drug-likeness (QED) is 0.886. The van der Waals surface area contributed by atoms with Crippen molar-refractivity contribution < 1.29 is 19.4 Å². The van der Waals surface area contributed by atoms with Gasteiger partial charge in [0.2, 0.25) is 0 Å². The topological polar surface area (TPSA) is 86.6 Å². The number of phenols is 1. The zero-order valence-corrected chi connectivity index (χ0v) is 12.2. The molecule has 114 valence electrons. The highest BCUT2D eigenvalue weighted by molar-refractivity contribution is 5.57. The summed E-state index contributed by atoms with van der Waals surface area (Å²) in [5.41, 5.74) is 1.90. The van der Waals surface area contributed by atoms with Crippen molar-refractivity contribution >= 4 is 0 Å². The maximum atomic E-state index is 10.1. The Morgan fingerprint density at radius 3 is 2.95 bits per heavy atom. The standard InChI is InChI=1S/C17H17NO4/c1-21-16-6-12-8-17(10-18,13(12)7-15(16)20)4-2-14(19)11-3-5-22-9-11/h3,5-7,9,14,19-20H,2,4,8H2,1H3. The molecule has 0 saturated heterocycles. The Balaban J connectivity index is 1.78. The summed E-state index contributed by atoms with van der Waals surface area (Å²) in [6.07, 6.45) is 3.96. The van der Waals surface area contributed by atoms with Crippen LogP contribution in [0.15, 0.2) is 35.1 Å². The van der Waals surface area contributed by atoms with Crippen LogP contribution < -0.4 is 4.74 Å². The molecule has 1 aliphatic carbocycles. The van der Waals surface area contributed by atoms with Crippen molar-refractivity contribution in [2.75, 3.05) is 7.11 Å². The molecule has 0 saturated carbocycles. The van der Waals surface area contributed by atoms with Crippen LogP contribution in [0.5, 0.6) is 11.5 Å². The van der Waals surface area contributed by atoms with E-state index in [-0.39, 0.29) is 5.75 Å². The van der Waals surface area contributed by atoms with Gasteiger partial charge in [-0.1, -0.05) is 0 Å². The molecule has 1 aromatic heterocycles. The Morgan fingerprint density at radius 1 is 1.50 bits per heavy atom. The molecule has 0 fully saturated rings. The third-order valence-electron chi connectivity index (χ3n) is 4.40. The van der Waals surface area contributed by atoms with Crippen molar-refractivity contribution in [3.63, 3.8) is 0 Å². The average molecular weight is 299 g/mol. The number of hydrogen-bond acceptors (Lipinski definition) is 5. The van der Waals surface area contributed by atoms with Crippen molar-refractivity contribution in [3.05, 3.63) is 47.4 Å². The minimum Gasteiger partial charge on any atom is -0.504 e. The van der Waals surface area contributed by atoms with Gasteiger partial charge in [0.25, 0.3) is 0 Å². The minimum atomic E-state index is -0.653. The van der Waals surface area contributed by atoms with E-state index in [1.165, 1.54) is 19.6 Å². The number of nitrogens with zero attached hydrogens (tertiary/aromatic N) is 1. The smallest absolute Gasteiger partial charge is 0.160 e. The van der Waals surface area contributed by atoms with E-state index >= 15 is 0 Å². The number of ether oxygens (including phenoxy) is 1. The van der Waals surface area contributed by atoms with Gasteiger partial charge in [0.05, 0.1) is 37.2 Å². The molecule has 1 aliphatic rings. The molecular formula is C17H17NO4. The summed E-state index contributed by atoms with van der Waals surface area (Å²) in [4.78, 5) is 0. The van der Waals surface area contributed by atoms with Crippen LogP contribution in [0.2, 0.25) is 0 Å². The molecule has 0 aliphatic heterocycles. The Labute approximate surface area is 128 Å². The number of benzene rings is 1. The molecular weight excluding hydrogens is 282 g/mol. The van der Waals surface area contributed by atoms with Crippen molar-refractivity contribution in [1.82, 2.24) is 0 Å².